The predicted octanol–water partition coefficient (Wildman–Crippen LogP) is 2.36. The third kappa shape index (κ3) is 3.16. The van der Waals surface area contributed by atoms with Crippen molar-refractivity contribution in [2.24, 2.45) is 0 Å². The van der Waals surface area contributed by atoms with Gasteiger partial charge in [-0.3, -0.25) is 0 Å². The molecule has 2 aromatic rings. The summed E-state index contributed by atoms with van der Waals surface area (Å²) in [4.78, 5) is 4.50. The Balaban J connectivity index is 1.83. The van der Waals surface area contributed by atoms with E-state index in [0.29, 0.717) is 34.5 Å². The first-order valence-corrected chi connectivity index (χ1v) is 9.28. The molecule has 24 heavy (non-hydrogen) atoms. The van der Waals surface area contributed by atoms with E-state index in [1.54, 1.807) is 27.0 Å². The fourth-order valence-corrected chi connectivity index (χ4v) is 4.22. The molecule has 1 N–H and O–H groups in total. The van der Waals surface area contributed by atoms with Crippen molar-refractivity contribution in [3.05, 3.63) is 34.5 Å². The molecular formula is C16H21N3O4S. The number of nitrogens with zero attached hydrogens (tertiary/aromatic N) is 2. The molecule has 7 nitrogen and oxygen atoms in total. The van der Waals surface area contributed by atoms with Crippen LogP contribution in [0.3, 0.4) is 0 Å². The zero-order chi connectivity index (χ0) is 17.5. The predicted molar refractivity (Wildman–Crippen MR) is 87.5 cm³/mol. The smallest absolute Gasteiger partial charge is 0.241 e. The van der Waals surface area contributed by atoms with Gasteiger partial charge in [0.15, 0.2) is 5.82 Å². The average molecular weight is 351 g/mol. The topological polar surface area (TPSA) is 94.3 Å². The van der Waals surface area contributed by atoms with E-state index in [0.717, 1.165) is 18.4 Å². The van der Waals surface area contributed by atoms with Crippen LogP contribution in [0, 0.1) is 20.8 Å². The molecule has 0 aliphatic heterocycles. The summed E-state index contributed by atoms with van der Waals surface area (Å²) in [7, 11) is -2.12. The van der Waals surface area contributed by atoms with Crippen LogP contribution in [0.15, 0.2) is 15.5 Å². The molecule has 1 aliphatic carbocycles. The number of hydrogen-bond donors (Lipinski definition) is 1. The zero-order valence-electron chi connectivity index (χ0n) is 14.2. The molecular weight excluding hydrogens is 330 g/mol. The lowest BCUT2D eigenvalue weighted by molar-refractivity contribution is 0.373. The van der Waals surface area contributed by atoms with Crippen LogP contribution in [0.1, 0.15) is 47.2 Å². The molecule has 0 bridgehead atoms. The van der Waals surface area contributed by atoms with Gasteiger partial charge in [0.25, 0.3) is 0 Å². The van der Waals surface area contributed by atoms with Crippen molar-refractivity contribution in [1.82, 2.24) is 14.9 Å². The summed E-state index contributed by atoms with van der Waals surface area (Å²) in [5.74, 6) is 1.96. The Morgan fingerprint density at radius 2 is 2.00 bits per heavy atom. The monoisotopic (exact) mass is 351 g/mol. The number of aryl methyl sites for hydroxylation is 1. The van der Waals surface area contributed by atoms with Crippen molar-refractivity contribution in [1.29, 1.82) is 0 Å². The van der Waals surface area contributed by atoms with Gasteiger partial charge in [-0.1, -0.05) is 5.16 Å². The Labute approximate surface area is 141 Å². The van der Waals surface area contributed by atoms with Crippen LogP contribution in [0.25, 0.3) is 0 Å². The van der Waals surface area contributed by atoms with Gasteiger partial charge in [-0.25, -0.2) is 13.1 Å². The number of ether oxygens (including phenoxy) is 1. The number of methoxy groups -OCH3 is 1. The molecule has 1 heterocycles. The number of aromatic nitrogens is 2. The molecule has 0 unspecified atom stereocenters. The van der Waals surface area contributed by atoms with Crippen molar-refractivity contribution < 1.29 is 17.7 Å². The van der Waals surface area contributed by atoms with Gasteiger partial charge >= 0.3 is 0 Å². The third-order valence-corrected chi connectivity index (χ3v) is 5.99. The largest absolute Gasteiger partial charge is 0.496 e. The summed E-state index contributed by atoms with van der Waals surface area (Å²) in [6.45, 7) is 5.37. The Morgan fingerprint density at radius 1 is 1.29 bits per heavy atom. The van der Waals surface area contributed by atoms with Crippen molar-refractivity contribution in [3.63, 3.8) is 0 Å². The minimum Gasteiger partial charge on any atom is -0.496 e. The highest BCUT2D eigenvalue weighted by Gasteiger charge is 2.30. The van der Waals surface area contributed by atoms with Gasteiger partial charge in [0.1, 0.15) is 5.75 Å². The first-order chi connectivity index (χ1) is 11.3. The van der Waals surface area contributed by atoms with E-state index in [4.69, 9.17) is 9.26 Å². The Morgan fingerprint density at radius 3 is 2.62 bits per heavy atom. The van der Waals surface area contributed by atoms with E-state index < -0.39 is 10.0 Å². The second kappa shape index (κ2) is 6.18. The number of sulfonamides is 1. The molecule has 0 atom stereocenters. The second-order valence-electron chi connectivity index (χ2n) is 6.12. The molecule has 1 aliphatic rings. The van der Waals surface area contributed by atoms with E-state index in [-0.39, 0.29) is 11.4 Å². The molecule has 0 saturated heterocycles. The summed E-state index contributed by atoms with van der Waals surface area (Å²) >= 11 is 0. The molecule has 1 saturated carbocycles. The van der Waals surface area contributed by atoms with Crippen LogP contribution in [-0.4, -0.2) is 25.7 Å². The molecule has 8 heteroatoms. The van der Waals surface area contributed by atoms with E-state index >= 15 is 0 Å². The molecule has 1 fully saturated rings. The number of hydrogen-bond acceptors (Lipinski definition) is 6. The minimum absolute atomic E-state index is 0.00249. The fourth-order valence-electron chi connectivity index (χ4n) is 2.71. The van der Waals surface area contributed by atoms with Gasteiger partial charge in [-0.15, -0.1) is 0 Å². The normalized spacial score (nSPS) is 14.8. The van der Waals surface area contributed by atoms with Crippen LogP contribution in [0.2, 0.25) is 0 Å². The maximum atomic E-state index is 12.7. The molecule has 0 radical (unpaired) electrons. The van der Waals surface area contributed by atoms with Crippen LogP contribution in [0.5, 0.6) is 5.75 Å². The van der Waals surface area contributed by atoms with Crippen LogP contribution in [0.4, 0.5) is 0 Å². The van der Waals surface area contributed by atoms with Crippen LogP contribution in [-0.2, 0) is 16.6 Å². The number of nitrogens with one attached hydrogen (secondary N) is 1. The highest BCUT2D eigenvalue weighted by Crippen LogP contribution is 2.38. The van der Waals surface area contributed by atoms with E-state index in [1.165, 1.54) is 0 Å². The lowest BCUT2D eigenvalue weighted by Crippen LogP contribution is -2.25. The van der Waals surface area contributed by atoms with Crippen LogP contribution >= 0.6 is 0 Å². The SMILES string of the molecule is COc1cc(C)c(S(=O)(=O)NCc2noc(C3CC3)n2)c(C)c1C. The Kier molecular flexibility index (Phi) is 4.35. The molecule has 130 valence electrons. The quantitative estimate of drug-likeness (QED) is 0.858. The first kappa shape index (κ1) is 16.9. The summed E-state index contributed by atoms with van der Waals surface area (Å²) in [5.41, 5.74) is 2.11. The summed E-state index contributed by atoms with van der Waals surface area (Å²) in [5, 5.41) is 3.83. The van der Waals surface area contributed by atoms with Gasteiger partial charge in [0, 0.05) is 5.92 Å². The van der Waals surface area contributed by atoms with Crippen molar-refractivity contribution in [2.45, 2.75) is 51.0 Å². The second-order valence-corrected chi connectivity index (χ2v) is 7.83. The first-order valence-electron chi connectivity index (χ1n) is 7.80. The summed E-state index contributed by atoms with van der Waals surface area (Å²) < 4.78 is 38.4. The third-order valence-electron chi connectivity index (χ3n) is 4.30. The van der Waals surface area contributed by atoms with Crippen molar-refractivity contribution in [2.75, 3.05) is 7.11 Å². The maximum Gasteiger partial charge on any atom is 0.241 e. The van der Waals surface area contributed by atoms with Crippen LogP contribution < -0.4 is 9.46 Å². The molecule has 0 spiro atoms. The number of rotatable bonds is 6. The maximum absolute atomic E-state index is 12.7. The molecule has 1 aromatic heterocycles. The average Bonchev–Trinajstić information content (AvgIpc) is 3.27. The number of benzene rings is 1. The van der Waals surface area contributed by atoms with E-state index in [2.05, 4.69) is 14.9 Å². The lowest BCUT2D eigenvalue weighted by atomic mass is 10.1. The fraction of sp³-hybridized carbons (Fsp3) is 0.500. The zero-order valence-corrected chi connectivity index (χ0v) is 15.0. The van der Waals surface area contributed by atoms with Gasteiger partial charge in [-0.05, 0) is 56.4 Å². The van der Waals surface area contributed by atoms with Gasteiger partial charge < -0.3 is 9.26 Å². The van der Waals surface area contributed by atoms with Gasteiger partial charge in [0.05, 0.1) is 18.6 Å². The van der Waals surface area contributed by atoms with Gasteiger partial charge in [0.2, 0.25) is 15.9 Å². The molecule has 3 rings (SSSR count). The molecule has 0 amide bonds. The lowest BCUT2D eigenvalue weighted by Gasteiger charge is -2.16. The minimum atomic E-state index is -3.69. The highest BCUT2D eigenvalue weighted by molar-refractivity contribution is 7.89. The summed E-state index contributed by atoms with van der Waals surface area (Å²) in [6.07, 6.45) is 2.10. The highest BCUT2D eigenvalue weighted by atomic mass is 32.2. The summed E-state index contributed by atoms with van der Waals surface area (Å²) in [6, 6.07) is 1.73. The Hall–Kier alpha value is -1.93. The molecule has 1 aromatic carbocycles. The van der Waals surface area contributed by atoms with Crippen molar-refractivity contribution >= 4 is 10.0 Å². The van der Waals surface area contributed by atoms with Crippen molar-refractivity contribution in [3.8, 4) is 5.75 Å². The van der Waals surface area contributed by atoms with Gasteiger partial charge in [-0.2, -0.15) is 4.98 Å². The standard InChI is InChI=1S/C16H21N3O4S/c1-9-7-13(22-4)10(2)11(3)15(9)24(20,21)17-8-14-18-16(23-19-14)12-5-6-12/h7,12,17H,5-6,8H2,1-4H3. The van der Waals surface area contributed by atoms with E-state index in [1.807, 2.05) is 6.92 Å². The Bertz CT molecular complexity index is 870. The van der Waals surface area contributed by atoms with E-state index in [9.17, 15) is 8.42 Å².